The van der Waals surface area contributed by atoms with Crippen LogP contribution in [-0.2, 0) is 21.8 Å². The molecule has 0 saturated heterocycles. The van der Waals surface area contributed by atoms with Gasteiger partial charge in [0, 0.05) is 16.7 Å². The van der Waals surface area contributed by atoms with E-state index in [1.54, 1.807) is 6.08 Å². The minimum absolute atomic E-state index is 0.292. The van der Waals surface area contributed by atoms with Crippen LogP contribution in [0.3, 0.4) is 0 Å². The molecule has 5 heteroatoms. The van der Waals surface area contributed by atoms with Gasteiger partial charge in [-0.3, -0.25) is 4.21 Å². The van der Waals surface area contributed by atoms with Crippen LogP contribution in [0.2, 0.25) is 0 Å². The molecule has 0 aliphatic carbocycles. The standard InChI is InChI=1S/C18H21NO2S2/c1-4-16(13-22(20)17-9-5-14(2)6-10-17)19-23(21)18-11-7-15(3)8-12-18/h4-12,16,19H,1,13H2,2-3H3/t16-,22-,23+/m1/s1. The van der Waals surface area contributed by atoms with Crippen LogP contribution < -0.4 is 4.72 Å². The van der Waals surface area contributed by atoms with Crippen molar-refractivity contribution in [1.82, 2.24) is 4.72 Å². The quantitative estimate of drug-likeness (QED) is 0.781. The van der Waals surface area contributed by atoms with Gasteiger partial charge in [0.25, 0.3) is 0 Å². The van der Waals surface area contributed by atoms with Crippen LogP contribution >= 0.6 is 0 Å². The predicted octanol–water partition coefficient (Wildman–Crippen LogP) is 3.28. The first-order chi connectivity index (χ1) is 11.0. The lowest BCUT2D eigenvalue weighted by molar-refractivity contribution is 0.661. The third kappa shape index (κ3) is 5.23. The summed E-state index contributed by atoms with van der Waals surface area (Å²) in [5, 5.41) is 0. The van der Waals surface area contributed by atoms with Gasteiger partial charge in [-0.15, -0.1) is 6.58 Å². The van der Waals surface area contributed by atoms with Gasteiger partial charge in [-0.25, -0.2) is 8.93 Å². The number of aryl methyl sites for hydroxylation is 2. The molecule has 0 unspecified atom stereocenters. The maximum atomic E-state index is 12.4. The molecule has 0 bridgehead atoms. The van der Waals surface area contributed by atoms with Crippen molar-refractivity contribution in [3.05, 3.63) is 72.3 Å². The summed E-state index contributed by atoms with van der Waals surface area (Å²) < 4.78 is 27.7. The molecule has 2 aromatic rings. The molecule has 3 atom stereocenters. The van der Waals surface area contributed by atoms with Crippen molar-refractivity contribution in [2.45, 2.75) is 29.7 Å². The average Bonchev–Trinajstić information content (AvgIpc) is 2.55. The zero-order chi connectivity index (χ0) is 16.8. The van der Waals surface area contributed by atoms with Gasteiger partial charge in [0.15, 0.2) is 0 Å². The van der Waals surface area contributed by atoms with Gasteiger partial charge in [0.05, 0.1) is 15.7 Å². The first-order valence-electron chi connectivity index (χ1n) is 7.32. The molecule has 3 nitrogen and oxygen atoms in total. The molecule has 2 rings (SSSR count). The van der Waals surface area contributed by atoms with Gasteiger partial charge in [-0.1, -0.05) is 41.5 Å². The fourth-order valence-corrected chi connectivity index (χ4v) is 4.22. The molecule has 0 spiro atoms. The summed E-state index contributed by atoms with van der Waals surface area (Å²) in [5.41, 5.74) is 2.25. The van der Waals surface area contributed by atoms with Crippen LogP contribution in [0, 0.1) is 13.8 Å². The summed E-state index contributed by atoms with van der Waals surface area (Å²) in [4.78, 5) is 1.47. The van der Waals surface area contributed by atoms with E-state index in [0.717, 1.165) is 16.0 Å². The van der Waals surface area contributed by atoms with E-state index in [0.29, 0.717) is 10.6 Å². The Balaban J connectivity index is 2.01. The number of hydrogen-bond acceptors (Lipinski definition) is 2. The Hall–Kier alpha value is -1.56. The maximum Gasteiger partial charge on any atom is 0.125 e. The Bertz CT molecular complexity index is 649. The summed E-state index contributed by atoms with van der Waals surface area (Å²) >= 11 is 0. The molecule has 1 N–H and O–H groups in total. The molecule has 0 aliphatic heterocycles. The Morgan fingerprint density at radius 1 is 0.957 bits per heavy atom. The third-order valence-corrected chi connectivity index (χ3v) is 6.07. The highest BCUT2D eigenvalue weighted by Crippen LogP contribution is 2.11. The van der Waals surface area contributed by atoms with Gasteiger partial charge in [0.1, 0.15) is 11.0 Å². The molecule has 0 fully saturated rings. The lowest BCUT2D eigenvalue weighted by Crippen LogP contribution is -2.33. The monoisotopic (exact) mass is 347 g/mol. The molecule has 0 aromatic heterocycles. The van der Waals surface area contributed by atoms with Gasteiger partial charge >= 0.3 is 0 Å². The van der Waals surface area contributed by atoms with Crippen molar-refractivity contribution < 1.29 is 8.42 Å². The number of nitrogens with one attached hydrogen (secondary N) is 1. The molecule has 122 valence electrons. The van der Waals surface area contributed by atoms with Crippen molar-refractivity contribution in [1.29, 1.82) is 0 Å². The van der Waals surface area contributed by atoms with Gasteiger partial charge in [0.2, 0.25) is 0 Å². The molecule has 23 heavy (non-hydrogen) atoms. The number of benzene rings is 2. The molecule has 0 radical (unpaired) electrons. The molecule has 0 amide bonds. The zero-order valence-electron chi connectivity index (χ0n) is 13.3. The van der Waals surface area contributed by atoms with Crippen molar-refractivity contribution in [3.63, 3.8) is 0 Å². The number of rotatable bonds is 7. The van der Waals surface area contributed by atoms with Crippen LogP contribution in [0.5, 0.6) is 0 Å². The second-order valence-electron chi connectivity index (χ2n) is 5.37. The van der Waals surface area contributed by atoms with E-state index in [1.807, 2.05) is 62.4 Å². The lowest BCUT2D eigenvalue weighted by Gasteiger charge is -2.14. The Kier molecular flexibility index (Phi) is 6.45. The van der Waals surface area contributed by atoms with Crippen LogP contribution in [0.15, 0.2) is 71.0 Å². The number of hydrogen-bond donors (Lipinski definition) is 1. The summed E-state index contributed by atoms with van der Waals surface area (Å²) in [5.74, 6) is 0.337. The lowest BCUT2D eigenvalue weighted by atomic mass is 10.2. The van der Waals surface area contributed by atoms with E-state index < -0.39 is 21.8 Å². The van der Waals surface area contributed by atoms with E-state index in [1.165, 1.54) is 0 Å². The molecule has 0 saturated carbocycles. The molecule has 0 heterocycles. The van der Waals surface area contributed by atoms with E-state index in [4.69, 9.17) is 0 Å². The summed E-state index contributed by atoms with van der Waals surface area (Å²) in [7, 11) is -2.52. The molecule has 0 aliphatic rings. The molecule has 2 aromatic carbocycles. The van der Waals surface area contributed by atoms with Gasteiger partial charge < -0.3 is 0 Å². The van der Waals surface area contributed by atoms with Crippen LogP contribution in [0.4, 0.5) is 0 Å². The third-order valence-electron chi connectivity index (χ3n) is 3.39. The summed E-state index contributed by atoms with van der Waals surface area (Å²) in [6, 6.07) is 14.8. The van der Waals surface area contributed by atoms with E-state index in [9.17, 15) is 8.42 Å². The van der Waals surface area contributed by atoms with Crippen molar-refractivity contribution in [2.75, 3.05) is 5.75 Å². The van der Waals surface area contributed by atoms with Crippen LogP contribution in [-0.4, -0.2) is 20.2 Å². The molecular formula is C18H21NO2S2. The summed E-state index contributed by atoms with van der Waals surface area (Å²) in [6.07, 6.45) is 1.65. The second kappa shape index (κ2) is 8.34. The van der Waals surface area contributed by atoms with Crippen molar-refractivity contribution >= 4 is 21.8 Å². The topological polar surface area (TPSA) is 46.2 Å². The van der Waals surface area contributed by atoms with Crippen LogP contribution in [0.25, 0.3) is 0 Å². The zero-order valence-corrected chi connectivity index (χ0v) is 15.0. The first kappa shape index (κ1) is 17.8. The summed E-state index contributed by atoms with van der Waals surface area (Å²) in [6.45, 7) is 7.73. The highest BCUT2D eigenvalue weighted by molar-refractivity contribution is 7.85. The fraction of sp³-hybridized carbons (Fsp3) is 0.222. The van der Waals surface area contributed by atoms with Gasteiger partial charge in [-0.05, 0) is 38.1 Å². The van der Waals surface area contributed by atoms with E-state index in [-0.39, 0.29) is 6.04 Å². The van der Waals surface area contributed by atoms with Crippen molar-refractivity contribution in [2.24, 2.45) is 0 Å². The molecular weight excluding hydrogens is 326 g/mol. The highest BCUT2D eigenvalue weighted by Gasteiger charge is 2.14. The smallest absolute Gasteiger partial charge is 0.125 e. The normalized spacial score (nSPS) is 14.9. The fourth-order valence-electron chi connectivity index (χ4n) is 1.97. The Morgan fingerprint density at radius 2 is 1.43 bits per heavy atom. The first-order valence-corrected chi connectivity index (χ1v) is 9.78. The van der Waals surface area contributed by atoms with Crippen LogP contribution in [0.1, 0.15) is 11.1 Å². The van der Waals surface area contributed by atoms with E-state index in [2.05, 4.69) is 11.3 Å². The average molecular weight is 348 g/mol. The van der Waals surface area contributed by atoms with E-state index >= 15 is 0 Å². The highest BCUT2D eigenvalue weighted by atomic mass is 32.2. The Labute approximate surface area is 142 Å². The maximum absolute atomic E-state index is 12.4. The Morgan fingerprint density at radius 3 is 1.91 bits per heavy atom. The predicted molar refractivity (Wildman–Crippen MR) is 97.2 cm³/mol. The second-order valence-corrected chi connectivity index (χ2v) is 8.11. The van der Waals surface area contributed by atoms with Gasteiger partial charge in [-0.2, -0.15) is 0 Å². The SMILES string of the molecule is C=C[C@H](C[S@@](=O)c1ccc(C)cc1)N[S@@](=O)c1ccc(C)cc1. The minimum atomic E-state index is -1.35. The largest absolute Gasteiger partial charge is 0.254 e. The van der Waals surface area contributed by atoms with Crippen molar-refractivity contribution in [3.8, 4) is 0 Å². The minimum Gasteiger partial charge on any atom is -0.254 e.